The van der Waals surface area contributed by atoms with Crippen molar-refractivity contribution in [2.24, 2.45) is 0 Å². The van der Waals surface area contributed by atoms with Crippen LogP contribution in [0.15, 0.2) is 24.3 Å². The van der Waals surface area contributed by atoms with Gasteiger partial charge in [0.15, 0.2) is 5.78 Å². The molecule has 1 saturated heterocycles. The molecular formula is C18H27ClFNO. The molecule has 1 aromatic carbocycles. The number of hydrogen-bond acceptors (Lipinski definition) is 2. The molecule has 124 valence electrons. The summed E-state index contributed by atoms with van der Waals surface area (Å²) >= 11 is 0. The quantitative estimate of drug-likeness (QED) is 0.501. The fraction of sp³-hybridized carbons (Fsp3) is 0.611. The molecule has 0 aromatic heterocycles. The Hall–Kier alpha value is -0.930. The number of nitrogens with zero attached hydrogens (tertiary/aromatic N) is 1. The van der Waals surface area contributed by atoms with Gasteiger partial charge < -0.3 is 0 Å². The number of carbonyl (C=O) groups is 1. The van der Waals surface area contributed by atoms with Gasteiger partial charge in [0, 0.05) is 5.56 Å². The third kappa shape index (κ3) is 5.36. The number of Topliss-reactive ketones (excluding diaryl/α,β-unsaturated/α-hetero) is 1. The highest BCUT2D eigenvalue weighted by molar-refractivity contribution is 6.00. The Bertz CT molecular complexity index is 443. The first-order valence-electron chi connectivity index (χ1n) is 8.26. The number of halogens is 2. The molecule has 0 spiro atoms. The fourth-order valence-electron chi connectivity index (χ4n) is 3.10. The maximum absolute atomic E-state index is 13.0. The second-order valence-electron chi connectivity index (χ2n) is 5.98. The van der Waals surface area contributed by atoms with Crippen molar-refractivity contribution in [3.05, 3.63) is 35.6 Å². The standard InChI is InChI=1S/C18H26FNO.ClH/c1-2-3-4-5-8-17(20-13-6-7-14-20)18(21)15-9-11-16(19)12-10-15;/h9-12,17H,2-8,13-14H2,1H3;1H. The van der Waals surface area contributed by atoms with E-state index in [9.17, 15) is 9.18 Å². The molecule has 2 rings (SSSR count). The molecule has 0 aliphatic carbocycles. The van der Waals surface area contributed by atoms with Gasteiger partial charge in [0.1, 0.15) is 5.82 Å². The highest BCUT2D eigenvalue weighted by Crippen LogP contribution is 2.21. The second-order valence-corrected chi connectivity index (χ2v) is 5.98. The van der Waals surface area contributed by atoms with Gasteiger partial charge in [-0.25, -0.2) is 4.39 Å². The van der Waals surface area contributed by atoms with Crippen molar-refractivity contribution in [2.75, 3.05) is 13.1 Å². The van der Waals surface area contributed by atoms with Crippen LogP contribution in [-0.2, 0) is 0 Å². The van der Waals surface area contributed by atoms with E-state index in [2.05, 4.69) is 11.8 Å². The molecule has 1 aliphatic heterocycles. The Kier molecular flexibility index (Phi) is 8.66. The largest absolute Gasteiger partial charge is 0.293 e. The minimum atomic E-state index is -0.285. The zero-order valence-electron chi connectivity index (χ0n) is 13.4. The molecule has 1 fully saturated rings. The van der Waals surface area contributed by atoms with E-state index >= 15 is 0 Å². The first-order chi connectivity index (χ1) is 10.2. The van der Waals surface area contributed by atoms with Crippen LogP contribution in [0, 0.1) is 5.82 Å². The maximum Gasteiger partial charge on any atom is 0.179 e. The van der Waals surface area contributed by atoms with E-state index in [-0.39, 0.29) is 30.0 Å². The molecule has 0 amide bonds. The van der Waals surface area contributed by atoms with Crippen LogP contribution in [0.1, 0.15) is 62.2 Å². The molecular weight excluding hydrogens is 301 g/mol. The van der Waals surface area contributed by atoms with E-state index in [4.69, 9.17) is 0 Å². The number of ketones is 1. The Morgan fingerprint density at radius 2 is 1.77 bits per heavy atom. The van der Waals surface area contributed by atoms with Crippen LogP contribution >= 0.6 is 12.4 Å². The normalized spacial score (nSPS) is 16.3. The van der Waals surface area contributed by atoms with Crippen LogP contribution in [-0.4, -0.2) is 29.8 Å². The van der Waals surface area contributed by atoms with Crippen LogP contribution in [0.2, 0.25) is 0 Å². The zero-order valence-corrected chi connectivity index (χ0v) is 14.2. The van der Waals surface area contributed by atoms with Crippen LogP contribution in [0.25, 0.3) is 0 Å². The predicted octanol–water partition coefficient (Wildman–Crippen LogP) is 4.87. The fourth-order valence-corrected chi connectivity index (χ4v) is 3.10. The number of likely N-dealkylation sites (tertiary alicyclic amines) is 1. The van der Waals surface area contributed by atoms with Gasteiger partial charge >= 0.3 is 0 Å². The van der Waals surface area contributed by atoms with Crippen molar-refractivity contribution in [1.82, 2.24) is 4.90 Å². The van der Waals surface area contributed by atoms with Gasteiger partial charge in [-0.2, -0.15) is 0 Å². The lowest BCUT2D eigenvalue weighted by Gasteiger charge is -2.26. The average molecular weight is 328 g/mol. The van der Waals surface area contributed by atoms with Gasteiger partial charge in [-0.05, 0) is 56.6 Å². The first-order valence-corrected chi connectivity index (χ1v) is 8.26. The molecule has 22 heavy (non-hydrogen) atoms. The van der Waals surface area contributed by atoms with Gasteiger partial charge in [-0.15, -0.1) is 12.4 Å². The SMILES string of the molecule is CCCCCCC(C(=O)c1ccc(F)cc1)N1CCCC1.Cl. The van der Waals surface area contributed by atoms with E-state index in [1.54, 1.807) is 12.1 Å². The zero-order chi connectivity index (χ0) is 15.1. The molecule has 1 heterocycles. The molecule has 1 aliphatic rings. The number of hydrogen-bond donors (Lipinski definition) is 0. The molecule has 0 saturated carbocycles. The predicted molar refractivity (Wildman–Crippen MR) is 91.3 cm³/mol. The van der Waals surface area contributed by atoms with Crippen LogP contribution < -0.4 is 0 Å². The lowest BCUT2D eigenvalue weighted by Crippen LogP contribution is -2.39. The summed E-state index contributed by atoms with van der Waals surface area (Å²) in [5, 5.41) is 0. The highest BCUT2D eigenvalue weighted by atomic mass is 35.5. The number of unbranched alkanes of at least 4 members (excludes halogenated alkanes) is 3. The molecule has 0 N–H and O–H groups in total. The van der Waals surface area contributed by atoms with Crippen molar-refractivity contribution in [3.8, 4) is 0 Å². The van der Waals surface area contributed by atoms with Crippen molar-refractivity contribution < 1.29 is 9.18 Å². The number of carbonyl (C=O) groups excluding carboxylic acids is 1. The summed E-state index contributed by atoms with van der Waals surface area (Å²) in [5.41, 5.74) is 0.642. The Labute approximate surface area is 139 Å². The highest BCUT2D eigenvalue weighted by Gasteiger charge is 2.28. The van der Waals surface area contributed by atoms with Crippen molar-refractivity contribution in [1.29, 1.82) is 0 Å². The summed E-state index contributed by atoms with van der Waals surface area (Å²) < 4.78 is 13.0. The van der Waals surface area contributed by atoms with Crippen molar-refractivity contribution in [2.45, 2.75) is 57.9 Å². The maximum atomic E-state index is 13.0. The van der Waals surface area contributed by atoms with Gasteiger partial charge in [-0.1, -0.05) is 32.6 Å². The van der Waals surface area contributed by atoms with Gasteiger partial charge in [-0.3, -0.25) is 9.69 Å². The first kappa shape index (κ1) is 19.1. The third-order valence-corrected chi connectivity index (χ3v) is 4.34. The molecule has 4 heteroatoms. The topological polar surface area (TPSA) is 20.3 Å². The summed E-state index contributed by atoms with van der Waals surface area (Å²) in [6.07, 6.45) is 8.03. The molecule has 1 atom stereocenters. The Morgan fingerprint density at radius 1 is 1.14 bits per heavy atom. The molecule has 0 radical (unpaired) electrons. The Morgan fingerprint density at radius 3 is 2.36 bits per heavy atom. The summed E-state index contributed by atoms with van der Waals surface area (Å²) in [6, 6.07) is 5.98. The lowest BCUT2D eigenvalue weighted by molar-refractivity contribution is 0.0834. The summed E-state index contributed by atoms with van der Waals surface area (Å²) in [6.45, 7) is 4.23. The Balaban J connectivity index is 0.00000242. The van der Waals surface area contributed by atoms with Crippen molar-refractivity contribution in [3.63, 3.8) is 0 Å². The van der Waals surface area contributed by atoms with Gasteiger partial charge in [0.25, 0.3) is 0 Å². The van der Waals surface area contributed by atoms with Crippen molar-refractivity contribution >= 4 is 18.2 Å². The monoisotopic (exact) mass is 327 g/mol. The van der Waals surface area contributed by atoms with Crippen LogP contribution in [0.5, 0.6) is 0 Å². The minimum absolute atomic E-state index is 0. The molecule has 1 unspecified atom stereocenters. The summed E-state index contributed by atoms with van der Waals surface area (Å²) in [5.74, 6) is -0.124. The van der Waals surface area contributed by atoms with E-state index < -0.39 is 0 Å². The van der Waals surface area contributed by atoms with E-state index in [1.807, 2.05) is 0 Å². The van der Waals surface area contributed by atoms with Crippen LogP contribution in [0.3, 0.4) is 0 Å². The third-order valence-electron chi connectivity index (χ3n) is 4.34. The molecule has 0 bridgehead atoms. The molecule has 2 nitrogen and oxygen atoms in total. The smallest absolute Gasteiger partial charge is 0.179 e. The van der Waals surface area contributed by atoms with E-state index in [1.165, 1.54) is 44.2 Å². The minimum Gasteiger partial charge on any atom is -0.293 e. The molecule has 1 aromatic rings. The number of benzene rings is 1. The summed E-state index contributed by atoms with van der Waals surface area (Å²) in [7, 11) is 0. The lowest BCUT2D eigenvalue weighted by atomic mass is 9.97. The van der Waals surface area contributed by atoms with Gasteiger partial charge in [0.2, 0.25) is 0 Å². The van der Waals surface area contributed by atoms with E-state index in [0.29, 0.717) is 5.56 Å². The van der Waals surface area contributed by atoms with Crippen LogP contribution in [0.4, 0.5) is 4.39 Å². The van der Waals surface area contributed by atoms with Gasteiger partial charge in [0.05, 0.1) is 6.04 Å². The van der Waals surface area contributed by atoms with E-state index in [0.717, 1.165) is 25.9 Å². The summed E-state index contributed by atoms with van der Waals surface area (Å²) in [4.78, 5) is 15.1. The second kappa shape index (κ2) is 9.96. The average Bonchev–Trinajstić information content (AvgIpc) is 3.01. The number of rotatable bonds is 8.